The zero-order chi connectivity index (χ0) is 13.5. The normalized spacial score (nSPS) is 13.7. The highest BCUT2D eigenvalue weighted by atomic mass is 15.2. The Hall–Kier alpha value is -2.29. The number of fused-ring (bicyclic) bond motifs is 2. The van der Waals surface area contributed by atoms with Crippen molar-refractivity contribution in [3.05, 3.63) is 53.6 Å². The van der Waals surface area contributed by atoms with Crippen LogP contribution in [0, 0.1) is 0 Å². The van der Waals surface area contributed by atoms with Crippen LogP contribution >= 0.6 is 0 Å². The van der Waals surface area contributed by atoms with Gasteiger partial charge in [-0.3, -0.25) is 0 Å². The average Bonchev–Trinajstić information content (AvgIpc) is 3.05. The molecule has 0 saturated heterocycles. The SMILES string of the molecule is Cn1c(Nc2ccc3c(c2)CCC3)nc2ccccc21. The number of hydrogen-bond acceptors (Lipinski definition) is 2. The van der Waals surface area contributed by atoms with Gasteiger partial charge in [-0.25, -0.2) is 4.98 Å². The van der Waals surface area contributed by atoms with E-state index in [-0.39, 0.29) is 0 Å². The lowest BCUT2D eigenvalue weighted by molar-refractivity contribution is 0.912. The van der Waals surface area contributed by atoms with Crippen LogP contribution in [0.3, 0.4) is 0 Å². The van der Waals surface area contributed by atoms with Gasteiger partial charge < -0.3 is 9.88 Å². The Kier molecular flexibility index (Phi) is 2.52. The summed E-state index contributed by atoms with van der Waals surface area (Å²) in [6, 6.07) is 14.9. The van der Waals surface area contributed by atoms with Crippen molar-refractivity contribution in [1.82, 2.24) is 9.55 Å². The summed E-state index contributed by atoms with van der Waals surface area (Å²) >= 11 is 0. The van der Waals surface area contributed by atoms with E-state index in [0.29, 0.717) is 0 Å². The molecule has 0 spiro atoms. The summed E-state index contributed by atoms with van der Waals surface area (Å²) in [7, 11) is 2.05. The standard InChI is InChI=1S/C17H17N3/c1-20-16-8-3-2-7-15(16)19-17(20)18-14-10-9-12-5-4-6-13(12)11-14/h2-3,7-11H,4-6H2,1H3,(H,18,19). The molecule has 0 fully saturated rings. The van der Waals surface area contributed by atoms with E-state index in [1.165, 1.54) is 30.4 Å². The van der Waals surface area contributed by atoms with Crippen molar-refractivity contribution in [1.29, 1.82) is 0 Å². The van der Waals surface area contributed by atoms with Crippen molar-refractivity contribution in [3.8, 4) is 0 Å². The van der Waals surface area contributed by atoms with Crippen molar-refractivity contribution >= 4 is 22.7 Å². The largest absolute Gasteiger partial charge is 0.326 e. The van der Waals surface area contributed by atoms with Gasteiger partial charge in [-0.2, -0.15) is 0 Å². The van der Waals surface area contributed by atoms with Crippen LogP contribution in [0.1, 0.15) is 17.5 Å². The lowest BCUT2D eigenvalue weighted by Gasteiger charge is -2.08. The highest BCUT2D eigenvalue weighted by Crippen LogP contribution is 2.27. The molecule has 2 aromatic carbocycles. The Morgan fingerprint density at radius 3 is 2.80 bits per heavy atom. The van der Waals surface area contributed by atoms with E-state index < -0.39 is 0 Å². The van der Waals surface area contributed by atoms with Gasteiger partial charge in [0.25, 0.3) is 0 Å². The van der Waals surface area contributed by atoms with Crippen molar-refractivity contribution in [2.24, 2.45) is 7.05 Å². The maximum atomic E-state index is 4.65. The maximum absolute atomic E-state index is 4.65. The number of aryl methyl sites for hydroxylation is 3. The summed E-state index contributed by atoms with van der Waals surface area (Å²) in [5.74, 6) is 0.893. The molecule has 3 nitrogen and oxygen atoms in total. The van der Waals surface area contributed by atoms with Gasteiger partial charge in [0.1, 0.15) is 0 Å². The first-order chi connectivity index (χ1) is 9.81. The van der Waals surface area contributed by atoms with Crippen molar-refractivity contribution in [2.45, 2.75) is 19.3 Å². The molecule has 1 N–H and O–H groups in total. The predicted molar refractivity (Wildman–Crippen MR) is 82.5 cm³/mol. The summed E-state index contributed by atoms with van der Waals surface area (Å²) in [5.41, 5.74) is 6.29. The molecule has 0 amide bonds. The lowest BCUT2D eigenvalue weighted by Crippen LogP contribution is -1.99. The zero-order valence-corrected chi connectivity index (χ0v) is 11.6. The van der Waals surface area contributed by atoms with Crippen LogP contribution in [0.15, 0.2) is 42.5 Å². The number of nitrogens with one attached hydrogen (secondary N) is 1. The van der Waals surface area contributed by atoms with Crippen LogP contribution < -0.4 is 5.32 Å². The monoisotopic (exact) mass is 263 g/mol. The number of hydrogen-bond donors (Lipinski definition) is 1. The molecule has 0 atom stereocenters. The van der Waals surface area contributed by atoms with Crippen LogP contribution in [0.5, 0.6) is 0 Å². The fourth-order valence-electron chi connectivity index (χ4n) is 3.04. The summed E-state index contributed by atoms with van der Waals surface area (Å²) < 4.78 is 2.10. The van der Waals surface area contributed by atoms with E-state index in [9.17, 15) is 0 Å². The van der Waals surface area contributed by atoms with Gasteiger partial charge in [0.2, 0.25) is 5.95 Å². The first-order valence-corrected chi connectivity index (χ1v) is 7.11. The van der Waals surface area contributed by atoms with Crippen LogP contribution in [0.4, 0.5) is 11.6 Å². The van der Waals surface area contributed by atoms with Gasteiger partial charge >= 0.3 is 0 Å². The molecule has 0 bridgehead atoms. The van der Waals surface area contributed by atoms with Crippen LogP contribution in [-0.2, 0) is 19.9 Å². The number of nitrogens with zero attached hydrogens (tertiary/aromatic N) is 2. The highest BCUT2D eigenvalue weighted by Gasteiger charge is 2.12. The molecule has 0 aliphatic heterocycles. The van der Waals surface area contributed by atoms with E-state index >= 15 is 0 Å². The van der Waals surface area contributed by atoms with E-state index in [0.717, 1.165) is 22.7 Å². The molecule has 0 saturated carbocycles. The molecule has 20 heavy (non-hydrogen) atoms. The smallest absolute Gasteiger partial charge is 0.208 e. The van der Waals surface area contributed by atoms with E-state index in [1.54, 1.807) is 0 Å². The zero-order valence-electron chi connectivity index (χ0n) is 11.6. The van der Waals surface area contributed by atoms with Gasteiger partial charge in [-0.15, -0.1) is 0 Å². The number of imidazole rings is 1. The number of rotatable bonds is 2. The Morgan fingerprint density at radius 1 is 1.05 bits per heavy atom. The molecule has 0 unspecified atom stereocenters. The molecule has 3 aromatic rings. The lowest BCUT2D eigenvalue weighted by atomic mass is 10.1. The van der Waals surface area contributed by atoms with E-state index in [2.05, 4.69) is 39.1 Å². The Bertz CT molecular complexity index is 786. The minimum Gasteiger partial charge on any atom is -0.326 e. The second kappa shape index (κ2) is 4.37. The first kappa shape index (κ1) is 11.5. The fraction of sp³-hybridized carbons (Fsp3) is 0.235. The van der Waals surface area contributed by atoms with Crippen molar-refractivity contribution in [3.63, 3.8) is 0 Å². The topological polar surface area (TPSA) is 29.9 Å². The number of para-hydroxylation sites is 2. The summed E-state index contributed by atoms with van der Waals surface area (Å²) in [6.07, 6.45) is 3.71. The molecule has 100 valence electrons. The molecule has 1 heterocycles. The minimum atomic E-state index is 0.893. The fourth-order valence-corrected chi connectivity index (χ4v) is 3.04. The maximum Gasteiger partial charge on any atom is 0.208 e. The molecule has 1 aliphatic carbocycles. The van der Waals surface area contributed by atoms with Crippen molar-refractivity contribution in [2.75, 3.05) is 5.32 Å². The van der Waals surface area contributed by atoms with Crippen LogP contribution in [0.2, 0.25) is 0 Å². The van der Waals surface area contributed by atoms with Gasteiger partial charge in [0.15, 0.2) is 0 Å². The molecular formula is C17H17N3. The molecule has 1 aliphatic rings. The van der Waals surface area contributed by atoms with E-state index in [1.807, 2.05) is 25.2 Å². The molecule has 4 rings (SSSR count). The first-order valence-electron chi connectivity index (χ1n) is 7.11. The quantitative estimate of drug-likeness (QED) is 0.762. The van der Waals surface area contributed by atoms with Gasteiger partial charge in [0, 0.05) is 12.7 Å². The number of aromatic nitrogens is 2. The second-order valence-electron chi connectivity index (χ2n) is 5.45. The van der Waals surface area contributed by atoms with Gasteiger partial charge in [-0.05, 0) is 54.7 Å². The third-order valence-corrected chi connectivity index (χ3v) is 4.14. The average molecular weight is 263 g/mol. The van der Waals surface area contributed by atoms with E-state index in [4.69, 9.17) is 0 Å². The summed E-state index contributed by atoms with van der Waals surface area (Å²) in [6.45, 7) is 0. The molecular weight excluding hydrogens is 246 g/mol. The second-order valence-corrected chi connectivity index (χ2v) is 5.45. The van der Waals surface area contributed by atoms with Crippen molar-refractivity contribution < 1.29 is 0 Å². The van der Waals surface area contributed by atoms with Gasteiger partial charge in [0.05, 0.1) is 11.0 Å². The highest BCUT2D eigenvalue weighted by molar-refractivity contribution is 5.79. The number of benzene rings is 2. The molecule has 3 heteroatoms. The Labute approximate surface area is 118 Å². The third kappa shape index (κ3) is 1.78. The summed E-state index contributed by atoms with van der Waals surface area (Å²) in [5, 5.41) is 3.44. The minimum absolute atomic E-state index is 0.893. The number of anilines is 2. The molecule has 0 radical (unpaired) electrons. The summed E-state index contributed by atoms with van der Waals surface area (Å²) in [4.78, 5) is 4.65. The van der Waals surface area contributed by atoms with Gasteiger partial charge in [-0.1, -0.05) is 18.2 Å². The predicted octanol–water partition coefficient (Wildman–Crippen LogP) is 3.81. The van der Waals surface area contributed by atoms with Crippen LogP contribution in [-0.4, -0.2) is 9.55 Å². The molecule has 1 aromatic heterocycles. The Morgan fingerprint density at radius 2 is 1.90 bits per heavy atom. The van der Waals surface area contributed by atoms with Crippen LogP contribution in [0.25, 0.3) is 11.0 Å². The third-order valence-electron chi connectivity index (χ3n) is 4.14. The Balaban J connectivity index is 1.72.